The van der Waals surface area contributed by atoms with Gasteiger partial charge in [-0.2, -0.15) is 0 Å². The van der Waals surface area contributed by atoms with E-state index in [1.54, 1.807) is 0 Å². The summed E-state index contributed by atoms with van der Waals surface area (Å²) >= 11 is 3.28. The molecule has 2 N–H and O–H groups in total. The van der Waals surface area contributed by atoms with E-state index in [0.29, 0.717) is 13.2 Å². The van der Waals surface area contributed by atoms with Crippen molar-refractivity contribution in [1.82, 2.24) is 5.32 Å². The van der Waals surface area contributed by atoms with E-state index < -0.39 is 5.97 Å². The molecule has 0 atom stereocenters. The Morgan fingerprint density at radius 3 is 2.58 bits per heavy atom. The number of carboxylic acid groups (broad SMARTS) is 1. The summed E-state index contributed by atoms with van der Waals surface area (Å²) in [6, 6.07) is 7.62. The highest BCUT2D eigenvalue weighted by molar-refractivity contribution is 14.1. The van der Waals surface area contributed by atoms with Crippen LogP contribution in [0.4, 0.5) is 0 Å². The third kappa shape index (κ3) is 7.93. The van der Waals surface area contributed by atoms with Gasteiger partial charge < -0.3 is 15.2 Å². The molecule has 19 heavy (non-hydrogen) atoms. The molecule has 104 valence electrons. The van der Waals surface area contributed by atoms with Crippen LogP contribution in [0.5, 0.6) is 5.75 Å². The summed E-state index contributed by atoms with van der Waals surface area (Å²) in [4.78, 5) is 21.5. The number of benzene rings is 1. The molecule has 0 aliphatic rings. The third-order valence-corrected chi connectivity index (χ3v) is 3.60. The smallest absolute Gasteiger partial charge is 0.313 e. The first kappa shape index (κ1) is 16.1. The predicted octanol–water partition coefficient (Wildman–Crippen LogP) is 1.60. The molecule has 0 unspecified atom stereocenters. The molecule has 0 saturated heterocycles. The Morgan fingerprint density at radius 2 is 1.95 bits per heavy atom. The maximum atomic E-state index is 11.3. The number of carboxylic acids is 1. The summed E-state index contributed by atoms with van der Waals surface area (Å²) in [5.41, 5.74) is 0. The minimum Gasteiger partial charge on any atom is -0.492 e. The summed E-state index contributed by atoms with van der Waals surface area (Å²) in [6.07, 6.45) is 0. The standard InChI is InChI=1S/C12H14INO4S/c13-9-1-3-10(4-2-9)18-6-5-14-11(15)7-19-8-12(16)17/h1-4H,5-8H2,(H,14,15)(H,16,17). The fourth-order valence-corrected chi connectivity index (χ4v) is 2.10. The second-order valence-electron chi connectivity index (χ2n) is 3.54. The van der Waals surface area contributed by atoms with Crippen LogP contribution in [0, 0.1) is 3.57 Å². The highest BCUT2D eigenvalue weighted by Gasteiger charge is 2.03. The minimum absolute atomic E-state index is 0.0629. The molecule has 1 aromatic rings. The highest BCUT2D eigenvalue weighted by atomic mass is 127. The monoisotopic (exact) mass is 395 g/mol. The zero-order valence-corrected chi connectivity index (χ0v) is 13.1. The van der Waals surface area contributed by atoms with Crippen molar-refractivity contribution in [3.05, 3.63) is 27.8 Å². The largest absolute Gasteiger partial charge is 0.492 e. The highest BCUT2D eigenvalue weighted by Crippen LogP contribution is 2.12. The minimum atomic E-state index is -0.917. The number of carbonyl (C=O) groups is 2. The number of carbonyl (C=O) groups excluding carboxylic acids is 1. The number of hydrogen-bond donors (Lipinski definition) is 2. The summed E-state index contributed by atoms with van der Waals surface area (Å²) in [7, 11) is 0. The molecule has 1 amide bonds. The van der Waals surface area contributed by atoms with Crippen molar-refractivity contribution in [2.24, 2.45) is 0 Å². The molecule has 0 bridgehead atoms. The average Bonchev–Trinajstić information content (AvgIpc) is 2.36. The van der Waals surface area contributed by atoms with E-state index >= 15 is 0 Å². The Kier molecular flexibility index (Phi) is 7.65. The van der Waals surface area contributed by atoms with E-state index in [4.69, 9.17) is 9.84 Å². The predicted molar refractivity (Wildman–Crippen MR) is 82.6 cm³/mol. The molecule has 0 fully saturated rings. The van der Waals surface area contributed by atoms with Gasteiger partial charge in [-0.15, -0.1) is 11.8 Å². The van der Waals surface area contributed by atoms with Gasteiger partial charge in [0.25, 0.3) is 0 Å². The second-order valence-corrected chi connectivity index (χ2v) is 5.77. The van der Waals surface area contributed by atoms with Crippen LogP contribution < -0.4 is 10.1 Å². The molecule has 0 heterocycles. The fourth-order valence-electron chi connectivity index (χ4n) is 1.17. The van der Waals surface area contributed by atoms with Crippen LogP contribution in [0.25, 0.3) is 0 Å². The third-order valence-electron chi connectivity index (χ3n) is 1.97. The van der Waals surface area contributed by atoms with Crippen molar-refractivity contribution in [3.63, 3.8) is 0 Å². The Morgan fingerprint density at radius 1 is 1.26 bits per heavy atom. The molecule has 0 radical (unpaired) electrons. The lowest BCUT2D eigenvalue weighted by Gasteiger charge is -2.07. The Bertz CT molecular complexity index is 424. The molecule has 5 nitrogen and oxygen atoms in total. The van der Waals surface area contributed by atoms with Crippen LogP contribution in [-0.2, 0) is 9.59 Å². The number of aliphatic carboxylic acids is 1. The van der Waals surface area contributed by atoms with Crippen LogP contribution in [0.15, 0.2) is 24.3 Å². The van der Waals surface area contributed by atoms with Gasteiger partial charge in [-0.25, -0.2) is 0 Å². The first-order chi connectivity index (χ1) is 9.08. The van der Waals surface area contributed by atoms with Crippen molar-refractivity contribution in [3.8, 4) is 5.75 Å². The average molecular weight is 395 g/mol. The van der Waals surface area contributed by atoms with Crippen molar-refractivity contribution in [2.45, 2.75) is 0 Å². The maximum Gasteiger partial charge on any atom is 0.313 e. The van der Waals surface area contributed by atoms with Gasteiger partial charge in [0, 0.05) is 3.57 Å². The molecular weight excluding hydrogens is 381 g/mol. The van der Waals surface area contributed by atoms with E-state index in [0.717, 1.165) is 21.1 Å². The Balaban J connectivity index is 2.08. The lowest BCUT2D eigenvalue weighted by molar-refractivity contribution is -0.133. The van der Waals surface area contributed by atoms with Gasteiger partial charge in [-0.1, -0.05) is 0 Å². The number of rotatable bonds is 8. The van der Waals surface area contributed by atoms with Crippen LogP contribution in [0.3, 0.4) is 0 Å². The molecule has 1 aromatic carbocycles. The Hall–Kier alpha value is -0.960. The summed E-state index contributed by atoms with van der Waals surface area (Å²) in [6.45, 7) is 0.786. The van der Waals surface area contributed by atoms with Gasteiger partial charge in [-0.05, 0) is 46.9 Å². The zero-order valence-electron chi connectivity index (χ0n) is 10.1. The number of thioether (sulfide) groups is 1. The summed E-state index contributed by atoms with van der Waals surface area (Å²) in [5.74, 6) is -0.255. The quantitative estimate of drug-likeness (QED) is 0.517. The molecule has 0 aliphatic carbocycles. The van der Waals surface area contributed by atoms with E-state index in [9.17, 15) is 9.59 Å². The van der Waals surface area contributed by atoms with E-state index in [-0.39, 0.29) is 17.4 Å². The topological polar surface area (TPSA) is 75.6 Å². The van der Waals surface area contributed by atoms with Gasteiger partial charge >= 0.3 is 5.97 Å². The van der Waals surface area contributed by atoms with E-state index in [1.165, 1.54) is 0 Å². The van der Waals surface area contributed by atoms with Crippen molar-refractivity contribution in [1.29, 1.82) is 0 Å². The molecule has 0 aliphatic heterocycles. The molecule has 0 saturated carbocycles. The van der Waals surface area contributed by atoms with Crippen LogP contribution in [0.2, 0.25) is 0 Å². The summed E-state index contributed by atoms with van der Waals surface area (Å²) < 4.78 is 6.57. The number of halogens is 1. The number of amides is 1. The van der Waals surface area contributed by atoms with Crippen molar-refractivity contribution in [2.75, 3.05) is 24.7 Å². The number of nitrogens with one attached hydrogen (secondary N) is 1. The molecule has 0 aromatic heterocycles. The van der Waals surface area contributed by atoms with Crippen LogP contribution >= 0.6 is 34.4 Å². The number of hydrogen-bond acceptors (Lipinski definition) is 4. The second kappa shape index (κ2) is 9.03. The number of ether oxygens (including phenoxy) is 1. The van der Waals surface area contributed by atoms with Crippen molar-refractivity contribution >= 4 is 46.2 Å². The van der Waals surface area contributed by atoms with Gasteiger partial charge in [0.1, 0.15) is 12.4 Å². The normalized spacial score (nSPS) is 9.95. The first-order valence-corrected chi connectivity index (χ1v) is 7.76. The Labute approximate surface area is 129 Å². The lowest BCUT2D eigenvalue weighted by Crippen LogP contribution is -2.29. The first-order valence-electron chi connectivity index (χ1n) is 5.52. The molecule has 7 heteroatoms. The van der Waals surface area contributed by atoms with Gasteiger partial charge in [0.05, 0.1) is 18.1 Å². The lowest BCUT2D eigenvalue weighted by atomic mass is 10.3. The van der Waals surface area contributed by atoms with Crippen molar-refractivity contribution < 1.29 is 19.4 Å². The van der Waals surface area contributed by atoms with Crippen LogP contribution in [0.1, 0.15) is 0 Å². The van der Waals surface area contributed by atoms with Gasteiger partial charge in [0.15, 0.2) is 0 Å². The molecule has 0 spiro atoms. The van der Waals surface area contributed by atoms with Gasteiger partial charge in [0.2, 0.25) is 5.91 Å². The van der Waals surface area contributed by atoms with E-state index in [1.807, 2.05) is 24.3 Å². The fraction of sp³-hybridized carbons (Fsp3) is 0.333. The van der Waals surface area contributed by atoms with E-state index in [2.05, 4.69) is 27.9 Å². The molecule has 1 rings (SSSR count). The summed E-state index contributed by atoms with van der Waals surface area (Å²) in [5, 5.41) is 11.1. The SMILES string of the molecule is O=C(O)CSCC(=O)NCCOc1ccc(I)cc1. The van der Waals surface area contributed by atoms with Crippen LogP contribution in [-0.4, -0.2) is 41.6 Å². The maximum absolute atomic E-state index is 11.3. The molecular formula is C12H14INO4S. The van der Waals surface area contributed by atoms with Gasteiger partial charge in [-0.3, -0.25) is 9.59 Å². The zero-order chi connectivity index (χ0) is 14.1.